The number of carbonyl (C=O) groups excluding carboxylic acids is 2. The number of rotatable bonds is 7. The quantitative estimate of drug-likeness (QED) is 0.606. The molecule has 0 saturated carbocycles. The number of para-hydroxylation sites is 2. The van der Waals surface area contributed by atoms with Crippen LogP contribution >= 0.6 is 0 Å². The van der Waals surface area contributed by atoms with Gasteiger partial charge < -0.3 is 24.8 Å². The minimum Gasteiger partial charge on any atom is -0.495 e. The van der Waals surface area contributed by atoms with Crippen molar-refractivity contribution in [1.29, 1.82) is 0 Å². The van der Waals surface area contributed by atoms with Gasteiger partial charge in [-0.3, -0.25) is 9.59 Å². The Balaban J connectivity index is 1.56. The number of nitrogens with one attached hydrogen (secondary N) is 2. The van der Waals surface area contributed by atoms with Crippen LogP contribution in [0.4, 0.5) is 11.5 Å². The molecule has 0 saturated heterocycles. The van der Waals surface area contributed by atoms with Crippen LogP contribution in [-0.2, 0) is 9.59 Å². The summed E-state index contributed by atoms with van der Waals surface area (Å²) in [6.45, 7) is 0. The number of methoxy groups -OCH3 is 3. The molecule has 1 unspecified atom stereocenters. The third kappa shape index (κ3) is 3.77. The number of carbonyl (C=O) groups is 2. The molecule has 160 valence electrons. The summed E-state index contributed by atoms with van der Waals surface area (Å²) in [4.78, 5) is 25.2. The lowest BCUT2D eigenvalue weighted by atomic mass is 10.1. The van der Waals surface area contributed by atoms with Gasteiger partial charge >= 0.3 is 0 Å². The second kappa shape index (κ2) is 8.39. The van der Waals surface area contributed by atoms with Crippen LogP contribution in [0.15, 0.2) is 48.7 Å². The van der Waals surface area contributed by atoms with Crippen LogP contribution < -0.4 is 24.8 Å². The smallest absolute Gasteiger partial charge is 0.251 e. The molecule has 2 amide bonds. The number of hydrogen-bond donors (Lipinski definition) is 2. The average molecular weight is 422 g/mol. The van der Waals surface area contributed by atoms with E-state index in [1.807, 2.05) is 18.2 Å². The van der Waals surface area contributed by atoms with E-state index in [-0.39, 0.29) is 18.2 Å². The number of amides is 2. The topological polar surface area (TPSA) is 104 Å². The molecule has 0 radical (unpaired) electrons. The molecule has 0 fully saturated rings. The maximum atomic E-state index is 12.6. The third-order valence-electron chi connectivity index (χ3n) is 5.09. The summed E-state index contributed by atoms with van der Waals surface area (Å²) in [7, 11) is 4.65. The third-order valence-corrected chi connectivity index (χ3v) is 5.09. The molecule has 2 N–H and O–H groups in total. The van der Waals surface area contributed by atoms with Crippen molar-refractivity contribution in [3.63, 3.8) is 0 Å². The minimum absolute atomic E-state index is 0.0655. The Morgan fingerprint density at radius 3 is 2.55 bits per heavy atom. The molecule has 1 aliphatic rings. The fourth-order valence-corrected chi connectivity index (χ4v) is 3.55. The van der Waals surface area contributed by atoms with Crippen molar-refractivity contribution in [3.05, 3.63) is 48.7 Å². The maximum Gasteiger partial charge on any atom is 0.251 e. The summed E-state index contributed by atoms with van der Waals surface area (Å²) in [6.07, 6.45) is 1.59. The first kappa shape index (κ1) is 20.3. The van der Waals surface area contributed by atoms with Crippen LogP contribution in [-0.4, -0.2) is 42.9 Å². The van der Waals surface area contributed by atoms with E-state index in [4.69, 9.17) is 14.2 Å². The van der Waals surface area contributed by atoms with Crippen LogP contribution in [0.2, 0.25) is 0 Å². The lowest BCUT2D eigenvalue weighted by molar-refractivity contribution is -0.123. The van der Waals surface area contributed by atoms with E-state index >= 15 is 0 Å². The molecule has 3 aromatic rings. The number of benzene rings is 2. The molecule has 0 spiro atoms. The van der Waals surface area contributed by atoms with E-state index in [0.29, 0.717) is 28.8 Å². The van der Waals surface area contributed by atoms with Gasteiger partial charge in [0.25, 0.3) is 5.91 Å². The average Bonchev–Trinajstić information content (AvgIpc) is 3.32. The summed E-state index contributed by atoms with van der Waals surface area (Å²) in [5.74, 6) is 1.64. The van der Waals surface area contributed by atoms with Gasteiger partial charge in [0.2, 0.25) is 5.91 Å². The lowest BCUT2D eigenvalue weighted by Crippen LogP contribution is -2.23. The van der Waals surface area contributed by atoms with Gasteiger partial charge in [0.1, 0.15) is 17.6 Å². The molecule has 1 atom stereocenters. The summed E-state index contributed by atoms with van der Waals surface area (Å²) >= 11 is 0. The van der Waals surface area contributed by atoms with E-state index in [1.165, 1.54) is 11.8 Å². The minimum atomic E-state index is -0.751. The molecule has 9 heteroatoms. The van der Waals surface area contributed by atoms with Gasteiger partial charge in [-0.2, -0.15) is 5.10 Å². The van der Waals surface area contributed by atoms with E-state index in [0.717, 1.165) is 11.1 Å². The predicted molar refractivity (Wildman–Crippen MR) is 115 cm³/mol. The summed E-state index contributed by atoms with van der Waals surface area (Å²) in [6, 6.07) is 11.8. The number of fused-ring (bicyclic) bond motifs is 1. The van der Waals surface area contributed by atoms with Gasteiger partial charge in [0.15, 0.2) is 11.5 Å². The molecule has 2 heterocycles. The van der Waals surface area contributed by atoms with Crippen molar-refractivity contribution < 1.29 is 23.8 Å². The molecule has 1 aromatic heterocycles. The first-order valence-electron chi connectivity index (χ1n) is 9.59. The van der Waals surface area contributed by atoms with Crippen LogP contribution in [0.3, 0.4) is 0 Å². The molecule has 1 aliphatic heterocycles. The van der Waals surface area contributed by atoms with E-state index < -0.39 is 6.04 Å². The molecule has 2 aromatic carbocycles. The van der Waals surface area contributed by atoms with Gasteiger partial charge in [-0.1, -0.05) is 18.2 Å². The fourth-order valence-electron chi connectivity index (χ4n) is 3.55. The van der Waals surface area contributed by atoms with Crippen molar-refractivity contribution >= 4 is 23.3 Å². The molecule has 31 heavy (non-hydrogen) atoms. The first-order valence-corrected chi connectivity index (χ1v) is 9.59. The number of anilines is 2. The van der Waals surface area contributed by atoms with Crippen molar-refractivity contribution in [2.24, 2.45) is 0 Å². The van der Waals surface area contributed by atoms with Crippen LogP contribution in [0.1, 0.15) is 12.5 Å². The zero-order valence-electron chi connectivity index (χ0n) is 17.3. The Morgan fingerprint density at radius 2 is 1.81 bits per heavy atom. The SMILES string of the molecule is COc1ccccc1NC(=O)CC1C(=O)Nc2c(-c3ccc(OC)c(OC)c3)cnn21. The largest absolute Gasteiger partial charge is 0.495 e. The molecular formula is C22H22N4O5. The Kier molecular flexibility index (Phi) is 5.48. The highest BCUT2D eigenvalue weighted by Gasteiger charge is 2.35. The summed E-state index contributed by atoms with van der Waals surface area (Å²) in [5.41, 5.74) is 2.07. The highest BCUT2D eigenvalue weighted by molar-refractivity contribution is 6.04. The normalized spacial score (nSPS) is 14.5. The van der Waals surface area contributed by atoms with Crippen LogP contribution in [0.25, 0.3) is 11.1 Å². The monoisotopic (exact) mass is 422 g/mol. The fraction of sp³-hybridized carbons (Fsp3) is 0.227. The zero-order valence-corrected chi connectivity index (χ0v) is 17.3. The Morgan fingerprint density at radius 1 is 1.06 bits per heavy atom. The van der Waals surface area contributed by atoms with Gasteiger partial charge in [-0.15, -0.1) is 0 Å². The van der Waals surface area contributed by atoms with Crippen molar-refractivity contribution in [3.8, 4) is 28.4 Å². The Bertz CT molecular complexity index is 1140. The highest BCUT2D eigenvalue weighted by atomic mass is 16.5. The number of aromatic nitrogens is 2. The van der Waals surface area contributed by atoms with Crippen molar-refractivity contribution in [1.82, 2.24) is 9.78 Å². The summed E-state index contributed by atoms with van der Waals surface area (Å²) < 4.78 is 17.4. The van der Waals surface area contributed by atoms with E-state index in [1.54, 1.807) is 44.7 Å². The van der Waals surface area contributed by atoms with Gasteiger partial charge in [-0.05, 0) is 29.8 Å². The maximum absolute atomic E-state index is 12.6. The second-order valence-corrected chi connectivity index (χ2v) is 6.88. The summed E-state index contributed by atoms with van der Waals surface area (Å²) in [5, 5.41) is 9.98. The Labute approximate surface area is 178 Å². The molecular weight excluding hydrogens is 400 g/mol. The van der Waals surface area contributed by atoms with Crippen LogP contribution in [0, 0.1) is 0 Å². The highest BCUT2D eigenvalue weighted by Crippen LogP contribution is 2.39. The first-order chi connectivity index (χ1) is 15.0. The van der Waals surface area contributed by atoms with Gasteiger partial charge in [0, 0.05) is 5.56 Å². The molecule has 0 aliphatic carbocycles. The van der Waals surface area contributed by atoms with Crippen molar-refractivity contribution in [2.45, 2.75) is 12.5 Å². The lowest BCUT2D eigenvalue weighted by Gasteiger charge is -2.12. The predicted octanol–water partition coefficient (Wildman–Crippen LogP) is 3.10. The number of hydrogen-bond acceptors (Lipinski definition) is 6. The zero-order chi connectivity index (χ0) is 22.0. The van der Waals surface area contributed by atoms with E-state index in [9.17, 15) is 9.59 Å². The van der Waals surface area contributed by atoms with Crippen LogP contribution in [0.5, 0.6) is 17.2 Å². The standard InChI is InChI=1S/C22H22N4O5/c1-29-17-7-5-4-6-15(17)24-20(27)11-16-22(28)25-21-14(12-23-26(16)21)13-8-9-18(30-2)19(10-13)31-3/h4-10,12,16H,11H2,1-3H3,(H,24,27)(H,25,28). The Hall–Kier alpha value is -4.01. The second-order valence-electron chi connectivity index (χ2n) is 6.88. The molecule has 4 rings (SSSR count). The molecule has 9 nitrogen and oxygen atoms in total. The molecule has 0 bridgehead atoms. The van der Waals surface area contributed by atoms with E-state index in [2.05, 4.69) is 15.7 Å². The number of ether oxygens (including phenoxy) is 3. The van der Waals surface area contributed by atoms with Crippen molar-refractivity contribution in [2.75, 3.05) is 32.0 Å². The number of nitrogens with zero attached hydrogens (tertiary/aromatic N) is 2. The van der Waals surface area contributed by atoms with Gasteiger partial charge in [-0.25, -0.2) is 4.68 Å². The van der Waals surface area contributed by atoms with Gasteiger partial charge in [0.05, 0.1) is 39.6 Å².